The summed E-state index contributed by atoms with van der Waals surface area (Å²) in [6.45, 7) is 3.35. The third kappa shape index (κ3) is 3.58. The van der Waals surface area contributed by atoms with Crippen LogP contribution in [-0.4, -0.2) is 23.6 Å². The van der Waals surface area contributed by atoms with Crippen LogP contribution in [0.2, 0.25) is 5.02 Å². The molecule has 0 atom stereocenters. The smallest absolute Gasteiger partial charge is 0.263 e. The molecule has 24 heavy (non-hydrogen) atoms. The van der Waals surface area contributed by atoms with Crippen molar-refractivity contribution >= 4 is 38.1 Å². The topological polar surface area (TPSA) is 98.0 Å². The molecular formula is C14H13ClN4O3S2. The number of sulfonamides is 1. The van der Waals surface area contributed by atoms with Gasteiger partial charge >= 0.3 is 0 Å². The minimum Gasteiger partial charge on any atom is -0.425 e. The molecule has 10 heteroatoms. The number of hydrogen-bond donors (Lipinski definition) is 1. The second-order valence-electron chi connectivity index (χ2n) is 5.00. The van der Waals surface area contributed by atoms with Gasteiger partial charge in [-0.25, -0.2) is 13.4 Å². The molecule has 0 fully saturated rings. The van der Waals surface area contributed by atoms with Crippen molar-refractivity contribution in [3.63, 3.8) is 0 Å². The number of thiazole rings is 1. The number of aryl methyl sites for hydroxylation is 1. The fourth-order valence-electron chi connectivity index (χ4n) is 2.05. The van der Waals surface area contributed by atoms with Crippen molar-refractivity contribution in [2.24, 2.45) is 0 Å². The molecule has 0 amide bonds. The van der Waals surface area contributed by atoms with Gasteiger partial charge in [0.1, 0.15) is 0 Å². The SMILES string of the molecule is Cc1nnc(Cc2csc(NS(=O)(=O)c3cccc(Cl)c3C)n2)o1. The van der Waals surface area contributed by atoms with Gasteiger partial charge < -0.3 is 4.42 Å². The lowest BCUT2D eigenvalue weighted by Crippen LogP contribution is -2.14. The predicted octanol–water partition coefficient (Wildman–Crippen LogP) is 3.19. The van der Waals surface area contributed by atoms with E-state index in [1.54, 1.807) is 31.4 Å². The largest absolute Gasteiger partial charge is 0.425 e. The number of halogens is 1. The van der Waals surface area contributed by atoms with Crippen molar-refractivity contribution in [1.29, 1.82) is 0 Å². The molecule has 0 aliphatic rings. The van der Waals surface area contributed by atoms with Crippen LogP contribution in [0.5, 0.6) is 0 Å². The second-order valence-corrected chi connectivity index (χ2v) is 7.92. The molecule has 1 aromatic carbocycles. The van der Waals surface area contributed by atoms with E-state index in [1.165, 1.54) is 17.4 Å². The Morgan fingerprint density at radius 1 is 1.29 bits per heavy atom. The van der Waals surface area contributed by atoms with Gasteiger partial charge in [-0.3, -0.25) is 4.72 Å². The number of aromatic nitrogens is 3. The summed E-state index contributed by atoms with van der Waals surface area (Å²) in [7, 11) is -3.76. The standard InChI is InChI=1S/C14H13ClN4O3S2/c1-8-11(15)4-3-5-12(8)24(20,21)19-14-16-10(7-23-14)6-13-18-17-9(2)22-13/h3-5,7H,6H2,1-2H3,(H,16,19). The van der Waals surface area contributed by atoms with Crippen molar-refractivity contribution < 1.29 is 12.8 Å². The molecule has 1 N–H and O–H groups in total. The highest BCUT2D eigenvalue weighted by molar-refractivity contribution is 7.93. The quantitative estimate of drug-likeness (QED) is 0.725. The Balaban J connectivity index is 1.79. The van der Waals surface area contributed by atoms with Gasteiger partial charge in [-0.15, -0.1) is 21.5 Å². The van der Waals surface area contributed by atoms with E-state index in [-0.39, 0.29) is 10.0 Å². The monoisotopic (exact) mass is 384 g/mol. The van der Waals surface area contributed by atoms with Crippen LogP contribution in [0.1, 0.15) is 23.0 Å². The Labute approximate surface area is 147 Å². The maximum atomic E-state index is 12.5. The number of rotatable bonds is 5. The molecule has 3 aromatic rings. The predicted molar refractivity (Wildman–Crippen MR) is 91.0 cm³/mol. The van der Waals surface area contributed by atoms with Crippen LogP contribution in [0.15, 0.2) is 32.9 Å². The Morgan fingerprint density at radius 3 is 2.79 bits per heavy atom. The van der Waals surface area contributed by atoms with Crippen molar-refractivity contribution in [2.45, 2.75) is 25.2 Å². The van der Waals surface area contributed by atoms with Gasteiger partial charge in [-0.1, -0.05) is 17.7 Å². The molecule has 0 bridgehead atoms. The first-order valence-electron chi connectivity index (χ1n) is 6.86. The third-order valence-electron chi connectivity index (χ3n) is 3.18. The summed E-state index contributed by atoms with van der Waals surface area (Å²) in [6.07, 6.45) is 0.343. The Bertz CT molecular complexity index is 982. The molecule has 2 heterocycles. The van der Waals surface area contributed by atoms with E-state index in [4.69, 9.17) is 16.0 Å². The summed E-state index contributed by atoms with van der Waals surface area (Å²) in [4.78, 5) is 4.37. The molecular weight excluding hydrogens is 372 g/mol. The average molecular weight is 385 g/mol. The lowest BCUT2D eigenvalue weighted by atomic mass is 10.2. The third-order valence-corrected chi connectivity index (χ3v) is 6.01. The molecule has 0 saturated heterocycles. The molecule has 0 saturated carbocycles. The molecule has 126 valence electrons. The summed E-state index contributed by atoms with van der Waals surface area (Å²) in [6, 6.07) is 4.73. The zero-order chi connectivity index (χ0) is 17.3. The highest BCUT2D eigenvalue weighted by Crippen LogP contribution is 2.26. The fraction of sp³-hybridized carbons (Fsp3) is 0.214. The van der Waals surface area contributed by atoms with Gasteiger partial charge in [0, 0.05) is 17.3 Å². The number of anilines is 1. The minimum atomic E-state index is -3.76. The number of hydrogen-bond acceptors (Lipinski definition) is 7. The summed E-state index contributed by atoms with van der Waals surface area (Å²) in [5.74, 6) is 0.899. The maximum Gasteiger partial charge on any atom is 0.263 e. The van der Waals surface area contributed by atoms with E-state index in [1.807, 2.05) is 0 Å². The van der Waals surface area contributed by atoms with E-state index in [0.717, 1.165) is 0 Å². The van der Waals surface area contributed by atoms with E-state index in [0.29, 0.717) is 34.5 Å². The van der Waals surface area contributed by atoms with Gasteiger partial charge in [0.05, 0.1) is 17.0 Å². The molecule has 0 aliphatic heterocycles. The van der Waals surface area contributed by atoms with E-state index in [9.17, 15) is 8.42 Å². The highest BCUT2D eigenvalue weighted by atomic mass is 35.5. The van der Waals surface area contributed by atoms with Crippen LogP contribution in [0, 0.1) is 13.8 Å². The highest BCUT2D eigenvalue weighted by Gasteiger charge is 2.20. The molecule has 0 spiro atoms. The van der Waals surface area contributed by atoms with Crippen LogP contribution >= 0.6 is 22.9 Å². The fourth-order valence-corrected chi connectivity index (χ4v) is 4.51. The molecule has 3 rings (SSSR count). The van der Waals surface area contributed by atoms with E-state index < -0.39 is 10.0 Å². The van der Waals surface area contributed by atoms with E-state index in [2.05, 4.69) is 19.9 Å². The van der Waals surface area contributed by atoms with Crippen molar-refractivity contribution in [3.05, 3.63) is 51.6 Å². The summed E-state index contributed by atoms with van der Waals surface area (Å²) >= 11 is 7.17. The Hall–Kier alpha value is -1.97. The molecule has 0 aliphatic carbocycles. The van der Waals surface area contributed by atoms with Crippen LogP contribution < -0.4 is 4.72 Å². The van der Waals surface area contributed by atoms with Gasteiger partial charge in [0.15, 0.2) is 5.13 Å². The van der Waals surface area contributed by atoms with E-state index >= 15 is 0 Å². The lowest BCUT2D eigenvalue weighted by molar-refractivity contribution is 0.476. The summed E-state index contributed by atoms with van der Waals surface area (Å²) < 4.78 is 32.8. The minimum absolute atomic E-state index is 0.124. The average Bonchev–Trinajstić information content (AvgIpc) is 3.11. The zero-order valence-electron chi connectivity index (χ0n) is 12.8. The molecule has 0 radical (unpaired) electrons. The normalized spacial score (nSPS) is 11.6. The van der Waals surface area contributed by atoms with Gasteiger partial charge in [-0.2, -0.15) is 0 Å². The molecule has 7 nitrogen and oxygen atoms in total. The Morgan fingerprint density at radius 2 is 2.08 bits per heavy atom. The van der Waals surface area contributed by atoms with Crippen LogP contribution in [0.4, 0.5) is 5.13 Å². The van der Waals surface area contributed by atoms with Crippen LogP contribution in [-0.2, 0) is 16.4 Å². The summed E-state index contributed by atoms with van der Waals surface area (Å²) in [5, 5.41) is 10.0. The first-order valence-corrected chi connectivity index (χ1v) is 9.60. The number of nitrogens with one attached hydrogen (secondary N) is 1. The lowest BCUT2D eigenvalue weighted by Gasteiger charge is -2.09. The van der Waals surface area contributed by atoms with Gasteiger partial charge in [-0.05, 0) is 24.6 Å². The summed E-state index contributed by atoms with van der Waals surface area (Å²) in [5.41, 5.74) is 1.13. The van der Waals surface area contributed by atoms with Crippen molar-refractivity contribution in [2.75, 3.05) is 4.72 Å². The number of nitrogens with zero attached hydrogens (tertiary/aromatic N) is 3. The second kappa shape index (κ2) is 6.50. The Kier molecular flexibility index (Phi) is 4.57. The first-order chi connectivity index (χ1) is 11.3. The van der Waals surface area contributed by atoms with Gasteiger partial charge in [0.2, 0.25) is 11.8 Å². The molecule has 0 unspecified atom stereocenters. The van der Waals surface area contributed by atoms with Crippen LogP contribution in [0.25, 0.3) is 0 Å². The van der Waals surface area contributed by atoms with Crippen LogP contribution in [0.3, 0.4) is 0 Å². The molecule has 2 aromatic heterocycles. The van der Waals surface area contributed by atoms with Gasteiger partial charge in [0.25, 0.3) is 10.0 Å². The maximum absolute atomic E-state index is 12.5. The number of benzene rings is 1. The van der Waals surface area contributed by atoms with Crippen molar-refractivity contribution in [3.8, 4) is 0 Å². The first kappa shape index (κ1) is 16.9. The van der Waals surface area contributed by atoms with Crippen molar-refractivity contribution in [1.82, 2.24) is 15.2 Å². The zero-order valence-corrected chi connectivity index (χ0v) is 15.2.